The lowest BCUT2D eigenvalue weighted by Gasteiger charge is -2.32. The van der Waals surface area contributed by atoms with Crippen LogP contribution in [0.4, 0.5) is 0 Å². The van der Waals surface area contributed by atoms with Crippen molar-refractivity contribution in [1.29, 1.82) is 0 Å². The summed E-state index contributed by atoms with van der Waals surface area (Å²) in [5.74, 6) is -1.50. The minimum Gasteiger partial charge on any atom is -0.504 e. The summed E-state index contributed by atoms with van der Waals surface area (Å²) in [4.78, 5) is 26.4. The number of hydrogen-bond donors (Lipinski definition) is 4. The first-order valence-corrected chi connectivity index (χ1v) is 9.45. The summed E-state index contributed by atoms with van der Waals surface area (Å²) in [5, 5.41) is 31.3. The molecule has 0 aliphatic carbocycles. The van der Waals surface area contributed by atoms with Crippen molar-refractivity contribution in [2.75, 3.05) is 19.7 Å². The molecule has 3 rings (SSSR count). The van der Waals surface area contributed by atoms with Crippen molar-refractivity contribution in [2.24, 2.45) is 0 Å². The topological polar surface area (TPSA) is 119 Å². The molecule has 29 heavy (non-hydrogen) atoms. The van der Waals surface area contributed by atoms with E-state index in [9.17, 15) is 24.9 Å². The van der Waals surface area contributed by atoms with Gasteiger partial charge >= 0.3 is 0 Å². The predicted molar refractivity (Wildman–Crippen MR) is 105 cm³/mol. The van der Waals surface area contributed by atoms with Crippen molar-refractivity contribution >= 4 is 11.8 Å². The SMILES string of the molecule is O=C(NC1CCN(C(=O)CCOc2ccccc2)CC1)c1cc(O)c(O)c(O)c1. The molecule has 8 nitrogen and oxygen atoms in total. The fourth-order valence-electron chi connectivity index (χ4n) is 3.21. The number of aromatic hydroxyl groups is 3. The van der Waals surface area contributed by atoms with E-state index in [1.807, 2.05) is 30.3 Å². The Kier molecular flexibility index (Phi) is 6.43. The molecule has 154 valence electrons. The summed E-state index contributed by atoms with van der Waals surface area (Å²) < 4.78 is 5.55. The number of ether oxygens (including phenoxy) is 1. The maximum atomic E-state index is 12.3. The number of rotatable bonds is 6. The number of piperidine rings is 1. The van der Waals surface area contributed by atoms with Gasteiger partial charge in [0.25, 0.3) is 5.91 Å². The first-order valence-electron chi connectivity index (χ1n) is 9.45. The van der Waals surface area contributed by atoms with Crippen LogP contribution in [-0.2, 0) is 4.79 Å². The summed E-state index contributed by atoms with van der Waals surface area (Å²) in [6.45, 7) is 1.37. The predicted octanol–water partition coefficient (Wildman–Crippen LogP) is 1.99. The highest BCUT2D eigenvalue weighted by atomic mass is 16.5. The number of nitrogens with zero attached hydrogens (tertiary/aromatic N) is 1. The molecule has 0 saturated carbocycles. The second kappa shape index (κ2) is 9.18. The Balaban J connectivity index is 1.43. The van der Waals surface area contributed by atoms with Crippen LogP contribution in [0.15, 0.2) is 42.5 Å². The number of hydrogen-bond acceptors (Lipinski definition) is 6. The molecule has 2 aromatic rings. The summed E-state index contributed by atoms with van der Waals surface area (Å²) in [7, 11) is 0. The zero-order chi connectivity index (χ0) is 20.8. The van der Waals surface area contributed by atoms with Crippen molar-refractivity contribution in [3.63, 3.8) is 0 Å². The van der Waals surface area contributed by atoms with E-state index in [-0.39, 0.29) is 23.9 Å². The number of benzene rings is 2. The lowest BCUT2D eigenvalue weighted by atomic mass is 10.0. The molecule has 0 unspecified atom stereocenters. The molecule has 2 aromatic carbocycles. The molecule has 0 bridgehead atoms. The number of likely N-dealkylation sites (tertiary alicyclic amines) is 1. The van der Waals surface area contributed by atoms with Crippen LogP contribution < -0.4 is 10.1 Å². The Morgan fingerprint density at radius 1 is 1.03 bits per heavy atom. The van der Waals surface area contributed by atoms with Gasteiger partial charge in [-0.1, -0.05) is 18.2 Å². The van der Waals surface area contributed by atoms with E-state index in [1.54, 1.807) is 4.90 Å². The van der Waals surface area contributed by atoms with Gasteiger partial charge in [0.1, 0.15) is 5.75 Å². The van der Waals surface area contributed by atoms with Gasteiger partial charge in [0.2, 0.25) is 5.91 Å². The Morgan fingerprint density at radius 3 is 2.28 bits per heavy atom. The number of para-hydroxylation sites is 1. The third kappa shape index (κ3) is 5.31. The molecular formula is C21H24N2O6. The second-order valence-corrected chi connectivity index (χ2v) is 6.90. The molecule has 0 atom stereocenters. The molecule has 0 aromatic heterocycles. The summed E-state index contributed by atoms with van der Waals surface area (Å²) in [6.07, 6.45) is 1.50. The summed E-state index contributed by atoms with van der Waals surface area (Å²) in [6, 6.07) is 11.4. The maximum Gasteiger partial charge on any atom is 0.251 e. The van der Waals surface area contributed by atoms with Gasteiger partial charge in [-0.15, -0.1) is 0 Å². The summed E-state index contributed by atoms with van der Waals surface area (Å²) >= 11 is 0. The van der Waals surface area contributed by atoms with E-state index >= 15 is 0 Å². The monoisotopic (exact) mass is 400 g/mol. The van der Waals surface area contributed by atoms with Crippen molar-refractivity contribution < 1.29 is 29.6 Å². The first-order chi connectivity index (χ1) is 13.9. The van der Waals surface area contributed by atoms with Gasteiger partial charge in [-0.2, -0.15) is 0 Å². The van der Waals surface area contributed by atoms with E-state index in [0.717, 1.165) is 17.9 Å². The molecule has 1 saturated heterocycles. The Hall–Kier alpha value is -3.42. The number of nitrogens with one attached hydrogen (secondary N) is 1. The molecule has 1 heterocycles. The van der Waals surface area contributed by atoms with Crippen molar-refractivity contribution in [3.05, 3.63) is 48.0 Å². The van der Waals surface area contributed by atoms with Gasteiger partial charge in [0, 0.05) is 24.7 Å². The normalized spacial score (nSPS) is 14.4. The Labute approximate surface area is 168 Å². The number of carbonyl (C=O) groups is 2. The van der Waals surface area contributed by atoms with E-state index in [1.165, 1.54) is 0 Å². The average Bonchev–Trinajstić information content (AvgIpc) is 2.72. The van der Waals surface area contributed by atoms with Crippen LogP contribution in [0, 0.1) is 0 Å². The first kappa shape index (κ1) is 20.3. The van der Waals surface area contributed by atoms with Gasteiger partial charge in [-0.05, 0) is 37.1 Å². The van der Waals surface area contributed by atoms with Crippen LogP contribution in [0.2, 0.25) is 0 Å². The van der Waals surface area contributed by atoms with Gasteiger partial charge in [-0.25, -0.2) is 0 Å². The lowest BCUT2D eigenvalue weighted by molar-refractivity contribution is -0.132. The van der Waals surface area contributed by atoms with Crippen molar-refractivity contribution in [1.82, 2.24) is 10.2 Å². The quantitative estimate of drug-likeness (QED) is 0.551. The Bertz CT molecular complexity index is 840. The van der Waals surface area contributed by atoms with E-state index < -0.39 is 23.2 Å². The largest absolute Gasteiger partial charge is 0.504 e. The molecule has 8 heteroatoms. The van der Waals surface area contributed by atoms with Crippen molar-refractivity contribution in [3.8, 4) is 23.0 Å². The minimum absolute atomic E-state index is 0.0130. The van der Waals surface area contributed by atoms with Crippen LogP contribution in [0.3, 0.4) is 0 Å². The van der Waals surface area contributed by atoms with E-state index in [4.69, 9.17) is 4.74 Å². The third-order valence-corrected chi connectivity index (χ3v) is 4.84. The molecular weight excluding hydrogens is 376 g/mol. The summed E-state index contributed by atoms with van der Waals surface area (Å²) in [5.41, 5.74) is 0.0503. The highest BCUT2D eigenvalue weighted by Gasteiger charge is 2.24. The number of phenols is 3. The maximum absolute atomic E-state index is 12.3. The number of carbonyl (C=O) groups excluding carboxylic acids is 2. The molecule has 1 fully saturated rings. The van der Waals surface area contributed by atoms with Crippen molar-refractivity contribution in [2.45, 2.75) is 25.3 Å². The fraction of sp³-hybridized carbons (Fsp3) is 0.333. The van der Waals surface area contributed by atoms with Crippen LogP contribution in [0.25, 0.3) is 0 Å². The zero-order valence-electron chi connectivity index (χ0n) is 15.9. The number of amides is 2. The molecule has 0 radical (unpaired) electrons. The zero-order valence-corrected chi connectivity index (χ0v) is 15.9. The highest BCUT2D eigenvalue weighted by molar-refractivity contribution is 5.95. The van der Waals surface area contributed by atoms with Crippen LogP contribution in [0.5, 0.6) is 23.0 Å². The van der Waals surface area contributed by atoms with Gasteiger partial charge in [-0.3, -0.25) is 9.59 Å². The average molecular weight is 400 g/mol. The van der Waals surface area contributed by atoms with Gasteiger partial charge < -0.3 is 30.3 Å². The fourth-order valence-corrected chi connectivity index (χ4v) is 3.21. The third-order valence-electron chi connectivity index (χ3n) is 4.84. The Morgan fingerprint density at radius 2 is 1.66 bits per heavy atom. The number of phenolic OH excluding ortho intramolecular Hbond substituents is 3. The molecule has 1 aliphatic heterocycles. The highest BCUT2D eigenvalue weighted by Crippen LogP contribution is 2.35. The van der Waals surface area contributed by atoms with E-state index in [0.29, 0.717) is 32.5 Å². The molecule has 2 amide bonds. The van der Waals surface area contributed by atoms with Gasteiger partial charge in [0.15, 0.2) is 17.2 Å². The lowest BCUT2D eigenvalue weighted by Crippen LogP contribution is -2.46. The van der Waals surface area contributed by atoms with Crippen LogP contribution in [0.1, 0.15) is 29.6 Å². The minimum atomic E-state index is -0.662. The van der Waals surface area contributed by atoms with E-state index in [2.05, 4.69) is 5.32 Å². The van der Waals surface area contributed by atoms with Crippen LogP contribution >= 0.6 is 0 Å². The second-order valence-electron chi connectivity index (χ2n) is 6.90. The van der Waals surface area contributed by atoms with Crippen LogP contribution in [-0.4, -0.2) is 57.8 Å². The molecule has 0 spiro atoms. The standard InChI is InChI=1S/C21H24N2O6/c24-17-12-14(13-18(25)20(17)27)21(28)22-15-6-9-23(10-7-15)19(26)8-11-29-16-4-2-1-3-5-16/h1-5,12-13,15,24-25,27H,6-11H2,(H,22,28). The smallest absolute Gasteiger partial charge is 0.251 e. The molecule has 1 aliphatic rings. The molecule has 4 N–H and O–H groups in total. The van der Waals surface area contributed by atoms with Gasteiger partial charge in [0.05, 0.1) is 13.0 Å².